The lowest BCUT2D eigenvalue weighted by atomic mass is 10.1. The number of anilines is 2. The molecule has 0 aliphatic rings. The summed E-state index contributed by atoms with van der Waals surface area (Å²) < 4.78 is 5.44. The highest BCUT2D eigenvalue weighted by molar-refractivity contribution is 5.94. The average Bonchev–Trinajstić information content (AvgIpc) is 2.32. The van der Waals surface area contributed by atoms with E-state index in [0.29, 0.717) is 12.3 Å². The minimum absolute atomic E-state index is 0.126. The Morgan fingerprint density at radius 3 is 2.83 bits per heavy atom. The van der Waals surface area contributed by atoms with Gasteiger partial charge in [0, 0.05) is 18.0 Å². The number of carbonyl (C=O) groups is 1. The van der Waals surface area contributed by atoms with Crippen LogP contribution in [0.25, 0.3) is 0 Å². The number of benzene rings is 1. The van der Waals surface area contributed by atoms with Crippen LogP contribution < -0.4 is 11.1 Å². The molecule has 0 aliphatic heterocycles. The van der Waals surface area contributed by atoms with Crippen molar-refractivity contribution < 1.29 is 9.53 Å². The maximum absolute atomic E-state index is 11.9. The van der Waals surface area contributed by atoms with Crippen LogP contribution in [0.5, 0.6) is 0 Å². The number of nitrogens with one attached hydrogen (secondary N) is 1. The topological polar surface area (TPSA) is 64.3 Å². The summed E-state index contributed by atoms with van der Waals surface area (Å²) in [7, 11) is 0. The van der Waals surface area contributed by atoms with Crippen molar-refractivity contribution in [3.05, 3.63) is 23.8 Å². The molecule has 1 aromatic rings. The Bertz CT molecular complexity index is 405. The highest BCUT2D eigenvalue weighted by Crippen LogP contribution is 2.18. The molecule has 4 heteroatoms. The van der Waals surface area contributed by atoms with Gasteiger partial charge in [0.15, 0.2) is 0 Å². The molecular weight excluding hydrogens is 228 g/mol. The summed E-state index contributed by atoms with van der Waals surface area (Å²) in [5, 5.41) is 2.84. The highest BCUT2D eigenvalue weighted by Gasteiger charge is 2.13. The van der Waals surface area contributed by atoms with Crippen LogP contribution in [-0.2, 0) is 9.53 Å². The second-order valence-electron chi connectivity index (χ2n) is 4.43. The van der Waals surface area contributed by atoms with Crippen LogP contribution in [0.15, 0.2) is 18.2 Å². The lowest BCUT2D eigenvalue weighted by Gasteiger charge is -2.14. The molecule has 0 aromatic heterocycles. The lowest BCUT2D eigenvalue weighted by Crippen LogP contribution is -2.28. The smallest absolute Gasteiger partial charge is 0.253 e. The molecule has 1 amide bonds. The zero-order valence-corrected chi connectivity index (χ0v) is 11.3. The maximum Gasteiger partial charge on any atom is 0.253 e. The number of rotatable bonds is 6. The number of amides is 1. The van der Waals surface area contributed by atoms with Crippen LogP contribution in [0.4, 0.5) is 11.4 Å². The second kappa shape index (κ2) is 7.01. The van der Waals surface area contributed by atoms with Crippen LogP contribution in [0.3, 0.4) is 0 Å². The number of hydrogen-bond donors (Lipinski definition) is 2. The molecule has 0 fully saturated rings. The van der Waals surface area contributed by atoms with Crippen molar-refractivity contribution in [3.63, 3.8) is 0 Å². The second-order valence-corrected chi connectivity index (χ2v) is 4.43. The van der Waals surface area contributed by atoms with Gasteiger partial charge in [0.05, 0.1) is 0 Å². The quantitative estimate of drug-likeness (QED) is 0.602. The molecule has 1 rings (SSSR count). The van der Waals surface area contributed by atoms with Gasteiger partial charge in [-0.05, 0) is 44.0 Å². The summed E-state index contributed by atoms with van der Waals surface area (Å²) in [6.45, 7) is 6.38. The fourth-order valence-corrected chi connectivity index (χ4v) is 1.54. The van der Waals surface area contributed by atoms with Gasteiger partial charge in [-0.25, -0.2) is 0 Å². The van der Waals surface area contributed by atoms with E-state index in [1.807, 2.05) is 13.0 Å². The van der Waals surface area contributed by atoms with Crippen LogP contribution in [-0.4, -0.2) is 18.6 Å². The molecule has 0 aliphatic carbocycles. The van der Waals surface area contributed by atoms with Crippen LogP contribution in [0.1, 0.15) is 32.3 Å². The van der Waals surface area contributed by atoms with E-state index in [9.17, 15) is 4.79 Å². The number of ether oxygens (including phenoxy) is 1. The first kappa shape index (κ1) is 14.5. The third-order valence-electron chi connectivity index (χ3n) is 2.74. The van der Waals surface area contributed by atoms with Gasteiger partial charge in [0.1, 0.15) is 6.10 Å². The highest BCUT2D eigenvalue weighted by atomic mass is 16.5. The van der Waals surface area contributed by atoms with Crippen molar-refractivity contribution in [2.24, 2.45) is 0 Å². The molecule has 0 saturated heterocycles. The molecule has 18 heavy (non-hydrogen) atoms. The molecule has 0 bridgehead atoms. The average molecular weight is 250 g/mol. The first-order valence-corrected chi connectivity index (χ1v) is 6.33. The van der Waals surface area contributed by atoms with Gasteiger partial charge < -0.3 is 15.8 Å². The molecule has 3 N–H and O–H groups in total. The number of aryl methyl sites for hydroxylation is 1. The summed E-state index contributed by atoms with van der Waals surface area (Å²) in [5.41, 5.74) is 8.08. The van der Waals surface area contributed by atoms with Crippen molar-refractivity contribution in [2.75, 3.05) is 17.7 Å². The van der Waals surface area contributed by atoms with Crippen molar-refractivity contribution in [1.82, 2.24) is 0 Å². The van der Waals surface area contributed by atoms with Gasteiger partial charge in [-0.15, -0.1) is 0 Å². The third-order valence-corrected chi connectivity index (χ3v) is 2.74. The fraction of sp³-hybridized carbons (Fsp3) is 0.500. The summed E-state index contributed by atoms with van der Waals surface area (Å²) in [6, 6.07) is 5.41. The molecule has 1 unspecified atom stereocenters. The summed E-state index contributed by atoms with van der Waals surface area (Å²) >= 11 is 0. The normalized spacial score (nSPS) is 12.2. The summed E-state index contributed by atoms with van der Waals surface area (Å²) in [5.74, 6) is -0.126. The maximum atomic E-state index is 11.9. The first-order valence-electron chi connectivity index (χ1n) is 6.33. The number of unbranched alkanes of at least 4 members (excludes halogenated alkanes) is 1. The van der Waals surface area contributed by atoms with E-state index in [1.54, 1.807) is 19.1 Å². The predicted octanol–water partition coefficient (Wildman–Crippen LogP) is 2.72. The zero-order chi connectivity index (χ0) is 13.5. The van der Waals surface area contributed by atoms with E-state index < -0.39 is 6.10 Å². The summed E-state index contributed by atoms with van der Waals surface area (Å²) in [6.07, 6.45) is 1.60. The molecule has 0 radical (unpaired) electrons. The number of nitrogen functional groups attached to an aromatic ring is 1. The van der Waals surface area contributed by atoms with E-state index in [1.165, 1.54) is 0 Å². The largest absolute Gasteiger partial charge is 0.399 e. The van der Waals surface area contributed by atoms with Crippen LogP contribution in [0, 0.1) is 6.92 Å². The fourth-order valence-electron chi connectivity index (χ4n) is 1.54. The van der Waals surface area contributed by atoms with E-state index in [2.05, 4.69) is 12.2 Å². The SMILES string of the molecule is CCCCOC(C)C(=O)Nc1ccc(N)cc1C. The van der Waals surface area contributed by atoms with Gasteiger partial charge in [-0.3, -0.25) is 4.79 Å². The number of nitrogens with two attached hydrogens (primary N) is 1. The van der Waals surface area contributed by atoms with E-state index in [0.717, 1.165) is 24.1 Å². The Morgan fingerprint density at radius 1 is 1.50 bits per heavy atom. The number of carbonyl (C=O) groups excluding carboxylic acids is 1. The van der Waals surface area contributed by atoms with Crippen molar-refractivity contribution in [3.8, 4) is 0 Å². The van der Waals surface area contributed by atoms with Gasteiger partial charge in [-0.1, -0.05) is 13.3 Å². The zero-order valence-electron chi connectivity index (χ0n) is 11.3. The van der Waals surface area contributed by atoms with Gasteiger partial charge in [-0.2, -0.15) is 0 Å². The van der Waals surface area contributed by atoms with Crippen LogP contribution >= 0.6 is 0 Å². The van der Waals surface area contributed by atoms with Crippen molar-refractivity contribution in [1.29, 1.82) is 0 Å². The minimum Gasteiger partial charge on any atom is -0.399 e. The Balaban J connectivity index is 2.53. The molecule has 0 spiro atoms. The molecule has 4 nitrogen and oxygen atoms in total. The van der Waals surface area contributed by atoms with E-state index in [4.69, 9.17) is 10.5 Å². The Hall–Kier alpha value is -1.55. The molecular formula is C14H22N2O2. The summed E-state index contributed by atoms with van der Waals surface area (Å²) in [4.78, 5) is 11.9. The van der Waals surface area contributed by atoms with Gasteiger partial charge in [0.25, 0.3) is 5.91 Å². The molecule has 0 saturated carbocycles. The first-order chi connectivity index (χ1) is 8.54. The lowest BCUT2D eigenvalue weighted by molar-refractivity contribution is -0.126. The van der Waals surface area contributed by atoms with Crippen molar-refractivity contribution in [2.45, 2.75) is 39.7 Å². The van der Waals surface area contributed by atoms with Gasteiger partial charge >= 0.3 is 0 Å². The third kappa shape index (κ3) is 4.37. The van der Waals surface area contributed by atoms with Gasteiger partial charge in [0.2, 0.25) is 0 Å². The Labute approximate surface area is 109 Å². The minimum atomic E-state index is -0.437. The molecule has 100 valence electrons. The number of hydrogen-bond acceptors (Lipinski definition) is 3. The predicted molar refractivity (Wildman–Crippen MR) is 74.5 cm³/mol. The van der Waals surface area contributed by atoms with E-state index >= 15 is 0 Å². The van der Waals surface area contributed by atoms with Crippen LogP contribution in [0.2, 0.25) is 0 Å². The van der Waals surface area contributed by atoms with Crippen molar-refractivity contribution >= 4 is 17.3 Å². The molecule has 1 atom stereocenters. The monoisotopic (exact) mass is 250 g/mol. The standard InChI is InChI=1S/C14H22N2O2/c1-4-5-8-18-11(3)14(17)16-13-7-6-12(15)9-10(13)2/h6-7,9,11H,4-5,8,15H2,1-3H3,(H,16,17). The molecule has 0 heterocycles. The Morgan fingerprint density at radius 2 is 2.22 bits per heavy atom. The molecule has 1 aromatic carbocycles. The van der Waals surface area contributed by atoms with E-state index in [-0.39, 0.29) is 5.91 Å². The Kier molecular flexibility index (Phi) is 5.65.